The van der Waals surface area contributed by atoms with E-state index in [-0.39, 0.29) is 10.8 Å². The Kier molecular flexibility index (Phi) is 11.6. The molecule has 5 aromatic heterocycles. The summed E-state index contributed by atoms with van der Waals surface area (Å²) < 4.78 is 2.37. The third-order valence-electron chi connectivity index (χ3n) is 17.9. The highest BCUT2D eigenvalue weighted by atomic mass is 35.5. The molecule has 85 heavy (non-hydrogen) atoms. The molecule has 18 rings (SSSR count). The highest BCUT2D eigenvalue weighted by Crippen LogP contribution is 2.53. The van der Waals surface area contributed by atoms with E-state index in [1.165, 1.54) is 71.3 Å². The van der Waals surface area contributed by atoms with Crippen molar-refractivity contribution >= 4 is 76.8 Å². The van der Waals surface area contributed by atoms with Crippen LogP contribution in [0.3, 0.4) is 0 Å². The van der Waals surface area contributed by atoms with Crippen LogP contribution >= 0.6 is 11.6 Å². The molecule has 3 aliphatic carbocycles. The zero-order valence-corrected chi connectivity index (χ0v) is 48.1. The lowest BCUT2D eigenvalue weighted by molar-refractivity contribution is 0.650. The molecule has 0 amide bonds. The number of aromatic nitrogens is 7. The first kappa shape index (κ1) is 50.5. The van der Waals surface area contributed by atoms with E-state index in [1.807, 2.05) is 48.7 Å². The first-order chi connectivity index (χ1) is 41.6. The second-order valence-electron chi connectivity index (χ2n) is 23.5. The van der Waals surface area contributed by atoms with Gasteiger partial charge in [-0.2, -0.15) is 0 Å². The zero-order valence-electron chi connectivity index (χ0n) is 47.3. The molecular weight excluding hydrogens is 1060 g/mol. The second kappa shape index (κ2) is 19.4. The van der Waals surface area contributed by atoms with Gasteiger partial charge in [0.25, 0.3) is 0 Å². The maximum Gasteiger partial charge on any atom is 0.164 e. The molecule has 3 aliphatic rings. The molecule has 8 heteroatoms. The molecule has 0 saturated heterocycles. The topological polar surface area (TPSA) is 82.3 Å². The molecule has 0 N–H and O–H groups in total. The monoisotopic (exact) mass is 1110 g/mol. The van der Waals surface area contributed by atoms with Crippen molar-refractivity contribution < 1.29 is 0 Å². The van der Waals surface area contributed by atoms with E-state index >= 15 is 0 Å². The number of fused-ring (bicyclic) bond motifs is 16. The number of hydrogen-bond donors (Lipinski definition) is 0. The Labute approximate surface area is 497 Å². The van der Waals surface area contributed by atoms with E-state index in [4.69, 9.17) is 31.5 Å². The van der Waals surface area contributed by atoms with E-state index < -0.39 is 0 Å². The summed E-state index contributed by atoms with van der Waals surface area (Å²) in [4.78, 5) is 29.7. The number of pyridine rings is 2. The van der Waals surface area contributed by atoms with Crippen molar-refractivity contribution in [3.63, 3.8) is 0 Å². The van der Waals surface area contributed by atoms with Crippen LogP contribution in [0.1, 0.15) is 61.1 Å². The van der Waals surface area contributed by atoms with Gasteiger partial charge in [-0.05, 0) is 110 Å². The van der Waals surface area contributed by atoms with Crippen LogP contribution in [0.4, 0.5) is 0 Å². The Balaban J connectivity index is 0.000000116. The lowest BCUT2D eigenvalue weighted by Gasteiger charge is -2.24. The Morgan fingerprint density at radius 3 is 1.51 bits per heavy atom. The second-order valence-corrected chi connectivity index (χ2v) is 23.9. The molecule has 0 spiro atoms. The molecule has 10 aromatic carbocycles. The largest absolute Gasteiger partial charge is 0.293 e. The molecule has 0 bridgehead atoms. The molecule has 5 heterocycles. The number of hydrogen-bond acceptors (Lipinski definition) is 6. The molecule has 404 valence electrons. The molecule has 0 saturated carbocycles. The molecular formula is C77H54ClN7. The van der Waals surface area contributed by atoms with Crippen LogP contribution in [0.25, 0.3) is 127 Å². The molecule has 7 nitrogen and oxygen atoms in total. The predicted octanol–water partition coefficient (Wildman–Crippen LogP) is 19.3. The van der Waals surface area contributed by atoms with E-state index in [2.05, 4.69) is 230 Å². The first-order valence-electron chi connectivity index (χ1n) is 29.0. The van der Waals surface area contributed by atoms with Gasteiger partial charge in [-0.25, -0.2) is 19.9 Å². The van der Waals surface area contributed by atoms with E-state index in [1.54, 1.807) is 6.20 Å². The van der Waals surface area contributed by atoms with Crippen LogP contribution in [0.2, 0.25) is 5.15 Å². The van der Waals surface area contributed by atoms with Gasteiger partial charge >= 0.3 is 0 Å². The van der Waals surface area contributed by atoms with Crippen LogP contribution in [-0.2, 0) is 17.3 Å². The molecule has 0 fully saturated rings. The van der Waals surface area contributed by atoms with Crippen LogP contribution < -0.4 is 0 Å². The van der Waals surface area contributed by atoms with Crippen LogP contribution in [0.15, 0.2) is 243 Å². The number of benzene rings is 10. The number of para-hydroxylation sites is 3. The van der Waals surface area contributed by atoms with Crippen LogP contribution in [0.5, 0.6) is 0 Å². The van der Waals surface area contributed by atoms with Gasteiger partial charge in [-0.1, -0.05) is 221 Å². The minimum atomic E-state index is -0.286. The average Bonchev–Trinajstić information content (AvgIpc) is 1.63. The van der Waals surface area contributed by atoms with Crippen molar-refractivity contribution in [2.45, 2.75) is 44.9 Å². The first-order valence-corrected chi connectivity index (χ1v) is 29.4. The fraction of sp³-hybridized carbons (Fsp3) is 0.0909. The minimum absolute atomic E-state index is 0.210. The van der Waals surface area contributed by atoms with Gasteiger partial charge in [-0.15, -0.1) is 0 Å². The van der Waals surface area contributed by atoms with E-state index in [0.29, 0.717) is 16.8 Å². The fourth-order valence-corrected chi connectivity index (χ4v) is 14.2. The minimum Gasteiger partial charge on any atom is -0.293 e. The third kappa shape index (κ3) is 8.02. The van der Waals surface area contributed by atoms with Gasteiger partial charge in [0.05, 0.1) is 33.5 Å². The molecule has 0 atom stereocenters. The van der Waals surface area contributed by atoms with Crippen molar-refractivity contribution in [1.29, 1.82) is 0 Å². The molecule has 15 aromatic rings. The lowest BCUT2D eigenvalue weighted by Crippen LogP contribution is -2.19. The Morgan fingerprint density at radius 1 is 0.365 bits per heavy atom. The highest BCUT2D eigenvalue weighted by Gasteiger charge is 2.42. The number of nitrogens with zero attached hydrogens (tertiary/aromatic N) is 7. The van der Waals surface area contributed by atoms with Crippen molar-refractivity contribution in [3.8, 4) is 62.2 Å². The van der Waals surface area contributed by atoms with Gasteiger partial charge in [0.1, 0.15) is 11.0 Å². The lowest BCUT2D eigenvalue weighted by atomic mass is 9.82. The Morgan fingerprint density at radius 2 is 0.847 bits per heavy atom. The molecule has 0 radical (unpaired) electrons. The third-order valence-corrected chi connectivity index (χ3v) is 18.1. The summed E-state index contributed by atoms with van der Waals surface area (Å²) in [7, 11) is 0. The summed E-state index contributed by atoms with van der Waals surface area (Å²) in [5.74, 6) is 2.23. The van der Waals surface area contributed by atoms with Crippen molar-refractivity contribution in [2.75, 3.05) is 0 Å². The van der Waals surface area contributed by atoms with Crippen molar-refractivity contribution in [1.82, 2.24) is 34.5 Å². The summed E-state index contributed by atoms with van der Waals surface area (Å²) in [5, 5.41) is 10.2. The molecule has 0 aliphatic heterocycles. The quantitative estimate of drug-likeness (QED) is 0.164. The summed E-state index contributed by atoms with van der Waals surface area (Å²) in [5.41, 5.74) is 20.0. The zero-order chi connectivity index (χ0) is 57.1. The number of rotatable bonds is 3. The van der Waals surface area contributed by atoms with Gasteiger partial charge < -0.3 is 0 Å². The maximum atomic E-state index is 6.68. The molecule has 0 unspecified atom stereocenters. The number of halogens is 1. The smallest absolute Gasteiger partial charge is 0.164 e. The predicted molar refractivity (Wildman–Crippen MR) is 350 cm³/mol. The van der Waals surface area contributed by atoms with E-state index in [9.17, 15) is 0 Å². The normalized spacial score (nSPS) is 13.6. The van der Waals surface area contributed by atoms with Gasteiger partial charge in [0.2, 0.25) is 0 Å². The van der Waals surface area contributed by atoms with Gasteiger partial charge in [0.15, 0.2) is 11.6 Å². The summed E-state index contributed by atoms with van der Waals surface area (Å²) in [6, 6.07) is 81.2. The van der Waals surface area contributed by atoms with Gasteiger partial charge in [-0.3, -0.25) is 14.5 Å². The van der Waals surface area contributed by atoms with Crippen LogP contribution in [-0.4, -0.2) is 34.5 Å². The average molecular weight is 1110 g/mol. The Bertz CT molecular complexity index is 5260. The highest BCUT2D eigenvalue weighted by molar-refractivity contribution is 6.31. The summed E-state index contributed by atoms with van der Waals surface area (Å²) in [6.45, 7) is 8.94. The van der Waals surface area contributed by atoms with Gasteiger partial charge in [0, 0.05) is 78.1 Å². The van der Waals surface area contributed by atoms with E-state index in [0.717, 1.165) is 84.3 Å². The summed E-state index contributed by atoms with van der Waals surface area (Å²) >= 11 is 6.68. The maximum absolute atomic E-state index is 6.68. The van der Waals surface area contributed by atoms with Crippen molar-refractivity contribution in [2.24, 2.45) is 0 Å². The SMILES string of the molecule is CC1(C)c2ccccc2-c2nc(-c3cccc4cccnc34)nc(-n3c4ccccc4c4cc5ccccc5cc43)c21.CC1(C)c2ccccc2-c2nc(-c3cccc4cccnc34)nc(Cl)c21.c1ccc2c(c1)Cc1cc3ccccc3cc1-2. The Hall–Kier alpha value is -10.2. The van der Waals surface area contributed by atoms with Crippen molar-refractivity contribution in [3.05, 3.63) is 281 Å². The summed E-state index contributed by atoms with van der Waals surface area (Å²) in [6.07, 6.45) is 4.71. The van der Waals surface area contributed by atoms with Crippen LogP contribution in [0, 0.1) is 0 Å². The standard InChI is InChI=1S/C38H26N4.C22H16ClN3.C17H12/c1-38(2)30-18-7-5-16-27(30)35-33(38)37(41-36(40-35)28-17-9-13-23-14-10-20-39-34(23)28)42-31-19-8-6-15-26(31)29-21-24-11-3-4-12-25(24)22-32(29)42;1-22(2)16-11-4-3-9-14(16)19-17(22)20(23)26-21(25-19)15-10-5-7-13-8-6-12-24-18(13)15;1-2-6-13-11-17-15(9-12(13)5-1)10-14-7-3-4-8-16(14)17/h3-22H,1-2H3;3-12H,1-2H3;1-9,11H,10H2. The fourth-order valence-electron chi connectivity index (χ4n) is 13.8.